The molecule has 6 nitrogen and oxygen atoms in total. The lowest BCUT2D eigenvalue weighted by Gasteiger charge is -2.22. The largest absolute Gasteiger partial charge is 0.493 e. The lowest BCUT2D eigenvalue weighted by molar-refractivity contribution is -0.907. The third kappa shape index (κ3) is 3.62. The molecule has 1 aliphatic rings. The number of hydrogen-bond donors (Lipinski definition) is 2. The van der Waals surface area contributed by atoms with Gasteiger partial charge < -0.3 is 19.7 Å². The van der Waals surface area contributed by atoms with Gasteiger partial charge in [0.2, 0.25) is 0 Å². The number of ether oxygens (including phenoxy) is 2. The van der Waals surface area contributed by atoms with Gasteiger partial charge in [0.25, 0.3) is 5.91 Å². The maximum Gasteiger partial charge on any atom is 0.275 e. The average molecular weight is 334 g/mol. The zero-order valence-corrected chi connectivity index (χ0v) is 14.0. The van der Waals surface area contributed by atoms with Crippen molar-refractivity contribution in [3.63, 3.8) is 0 Å². The summed E-state index contributed by atoms with van der Waals surface area (Å²) in [5.74, 6) is 1.51. The minimum atomic E-state index is 0.113. The van der Waals surface area contributed by atoms with Gasteiger partial charge in [-0.15, -0.1) is 11.3 Å². The van der Waals surface area contributed by atoms with Crippen LogP contribution in [0.15, 0.2) is 23.6 Å². The van der Waals surface area contributed by atoms with Crippen molar-refractivity contribution in [3.8, 4) is 22.1 Å². The van der Waals surface area contributed by atoms with E-state index in [0.29, 0.717) is 18.0 Å². The molecule has 1 aromatic heterocycles. The van der Waals surface area contributed by atoms with Gasteiger partial charge in [0.15, 0.2) is 18.0 Å². The van der Waals surface area contributed by atoms with Crippen molar-refractivity contribution in [2.75, 3.05) is 33.9 Å². The lowest BCUT2D eigenvalue weighted by Crippen LogP contribution is -3.14. The van der Waals surface area contributed by atoms with Crippen LogP contribution < -0.4 is 19.7 Å². The second-order valence-corrected chi connectivity index (χ2v) is 6.28. The normalized spacial score (nSPS) is 17.7. The molecule has 2 N–H and O–H groups in total. The molecule has 0 aliphatic carbocycles. The van der Waals surface area contributed by atoms with E-state index in [1.807, 2.05) is 18.2 Å². The Labute approximate surface area is 139 Å². The van der Waals surface area contributed by atoms with Crippen LogP contribution in [0.2, 0.25) is 0 Å². The van der Waals surface area contributed by atoms with Crippen LogP contribution in [0.5, 0.6) is 11.5 Å². The third-order valence-corrected chi connectivity index (χ3v) is 4.76. The Morgan fingerprint density at radius 3 is 2.87 bits per heavy atom. The molecule has 1 aromatic carbocycles. The highest BCUT2D eigenvalue weighted by atomic mass is 32.1. The minimum Gasteiger partial charge on any atom is -0.493 e. The van der Waals surface area contributed by atoms with Gasteiger partial charge in [-0.3, -0.25) is 4.79 Å². The summed E-state index contributed by atoms with van der Waals surface area (Å²) in [5, 5.41) is 5.86. The Hall–Kier alpha value is -2.12. The molecule has 1 amide bonds. The van der Waals surface area contributed by atoms with E-state index in [1.54, 1.807) is 25.6 Å². The summed E-state index contributed by atoms with van der Waals surface area (Å²) in [5.41, 5.74) is 2.02. The molecule has 1 unspecified atom stereocenters. The van der Waals surface area contributed by atoms with Crippen LogP contribution in [0.3, 0.4) is 0 Å². The Balaban J connectivity index is 1.75. The number of methoxy groups -OCH3 is 2. The minimum absolute atomic E-state index is 0.113. The van der Waals surface area contributed by atoms with Crippen molar-refractivity contribution in [2.24, 2.45) is 0 Å². The molecular formula is C16H20N3O3S+. The molecule has 0 spiro atoms. The number of carbonyl (C=O) groups excluding carboxylic acids is 1. The van der Waals surface area contributed by atoms with E-state index in [1.165, 1.54) is 4.90 Å². The van der Waals surface area contributed by atoms with Crippen LogP contribution in [0, 0.1) is 0 Å². The highest BCUT2D eigenvalue weighted by Gasteiger charge is 2.21. The lowest BCUT2D eigenvalue weighted by atomic mass is 10.2. The number of quaternary nitrogens is 1. The van der Waals surface area contributed by atoms with Gasteiger partial charge in [0.05, 0.1) is 27.3 Å². The molecule has 1 atom stereocenters. The number of benzene rings is 1. The smallest absolute Gasteiger partial charge is 0.275 e. The maximum atomic E-state index is 11.4. The number of amides is 1. The predicted octanol–water partition coefficient (Wildman–Crippen LogP) is 0.342. The SMILES string of the molecule is COc1ccc(-c2nc(C[NH+]3CCNC(=O)C3)cs2)cc1OC. The summed E-state index contributed by atoms with van der Waals surface area (Å²) in [6.45, 7) is 2.97. The first-order valence-corrected chi connectivity index (χ1v) is 8.34. The molecule has 122 valence electrons. The van der Waals surface area contributed by atoms with Crippen molar-refractivity contribution in [2.45, 2.75) is 6.54 Å². The fourth-order valence-corrected chi connectivity index (χ4v) is 3.47. The second-order valence-electron chi connectivity index (χ2n) is 5.42. The van der Waals surface area contributed by atoms with Crippen LogP contribution in [-0.4, -0.2) is 44.7 Å². The molecule has 23 heavy (non-hydrogen) atoms. The molecule has 1 saturated heterocycles. The summed E-state index contributed by atoms with van der Waals surface area (Å²) >= 11 is 1.60. The van der Waals surface area contributed by atoms with Gasteiger partial charge in [0.1, 0.15) is 17.2 Å². The van der Waals surface area contributed by atoms with Crippen molar-refractivity contribution in [3.05, 3.63) is 29.3 Å². The first kappa shape index (κ1) is 15.8. The number of nitrogens with one attached hydrogen (secondary N) is 2. The molecule has 0 radical (unpaired) electrons. The van der Waals surface area contributed by atoms with Gasteiger partial charge in [0, 0.05) is 10.9 Å². The van der Waals surface area contributed by atoms with Gasteiger partial charge in [-0.25, -0.2) is 4.98 Å². The topological polar surface area (TPSA) is 64.9 Å². The Kier molecular flexibility index (Phi) is 4.78. The molecule has 1 aliphatic heterocycles. The van der Waals surface area contributed by atoms with Crippen molar-refractivity contribution >= 4 is 17.2 Å². The molecule has 0 saturated carbocycles. The van der Waals surface area contributed by atoms with E-state index >= 15 is 0 Å². The van der Waals surface area contributed by atoms with Crippen LogP contribution in [-0.2, 0) is 11.3 Å². The molecule has 2 aromatic rings. The summed E-state index contributed by atoms with van der Waals surface area (Å²) in [4.78, 5) is 17.4. The van der Waals surface area contributed by atoms with Gasteiger partial charge in [-0.2, -0.15) is 0 Å². The summed E-state index contributed by atoms with van der Waals surface area (Å²) in [6.07, 6.45) is 0. The van der Waals surface area contributed by atoms with Crippen LogP contribution in [0.1, 0.15) is 5.69 Å². The number of thiazole rings is 1. The van der Waals surface area contributed by atoms with E-state index in [4.69, 9.17) is 14.5 Å². The summed E-state index contributed by atoms with van der Waals surface area (Å²) in [7, 11) is 3.25. The first-order chi connectivity index (χ1) is 11.2. The molecule has 1 fully saturated rings. The third-order valence-electron chi connectivity index (χ3n) is 3.82. The van der Waals surface area contributed by atoms with Crippen molar-refractivity contribution < 1.29 is 19.2 Å². The Morgan fingerprint density at radius 1 is 1.30 bits per heavy atom. The zero-order chi connectivity index (χ0) is 16.2. The van der Waals surface area contributed by atoms with E-state index in [-0.39, 0.29) is 5.91 Å². The standard InChI is InChI=1S/C16H19N3O3S/c1-21-13-4-3-11(7-14(13)22-2)16-18-12(10-23-16)8-19-6-5-17-15(20)9-19/h3-4,7,10H,5-6,8-9H2,1-2H3,(H,17,20)/p+1. The molecule has 3 rings (SSSR count). The van der Waals surface area contributed by atoms with Crippen LogP contribution in [0.25, 0.3) is 10.6 Å². The highest BCUT2D eigenvalue weighted by Crippen LogP contribution is 2.33. The molecule has 7 heteroatoms. The first-order valence-electron chi connectivity index (χ1n) is 7.46. The van der Waals surface area contributed by atoms with E-state index in [9.17, 15) is 4.79 Å². The van der Waals surface area contributed by atoms with E-state index < -0.39 is 0 Å². The summed E-state index contributed by atoms with van der Waals surface area (Å²) < 4.78 is 10.6. The Morgan fingerprint density at radius 2 is 2.13 bits per heavy atom. The van der Waals surface area contributed by atoms with Gasteiger partial charge in [-0.05, 0) is 18.2 Å². The number of nitrogens with zero attached hydrogens (tertiary/aromatic N) is 1. The Bertz CT molecular complexity index is 702. The number of carbonyl (C=O) groups is 1. The number of rotatable bonds is 5. The highest BCUT2D eigenvalue weighted by molar-refractivity contribution is 7.13. The second kappa shape index (κ2) is 6.97. The van der Waals surface area contributed by atoms with Crippen LogP contribution in [0.4, 0.5) is 0 Å². The molecular weight excluding hydrogens is 314 g/mol. The average Bonchev–Trinajstić information content (AvgIpc) is 3.02. The fourth-order valence-electron chi connectivity index (χ4n) is 2.65. The molecule has 2 heterocycles. The van der Waals surface area contributed by atoms with Crippen molar-refractivity contribution in [1.29, 1.82) is 0 Å². The zero-order valence-electron chi connectivity index (χ0n) is 13.2. The number of aromatic nitrogens is 1. The molecule has 0 bridgehead atoms. The monoisotopic (exact) mass is 334 g/mol. The fraction of sp³-hybridized carbons (Fsp3) is 0.375. The van der Waals surface area contributed by atoms with Gasteiger partial charge >= 0.3 is 0 Å². The van der Waals surface area contributed by atoms with Crippen LogP contribution >= 0.6 is 11.3 Å². The number of piperazine rings is 1. The quantitative estimate of drug-likeness (QED) is 0.828. The predicted molar refractivity (Wildman–Crippen MR) is 88.1 cm³/mol. The van der Waals surface area contributed by atoms with Gasteiger partial charge in [-0.1, -0.05) is 0 Å². The maximum absolute atomic E-state index is 11.4. The van der Waals surface area contributed by atoms with E-state index in [0.717, 1.165) is 35.9 Å². The summed E-state index contributed by atoms with van der Waals surface area (Å²) in [6, 6.07) is 5.79. The van der Waals surface area contributed by atoms with E-state index in [2.05, 4.69) is 10.7 Å². The number of hydrogen-bond acceptors (Lipinski definition) is 5. The van der Waals surface area contributed by atoms with Crippen molar-refractivity contribution in [1.82, 2.24) is 10.3 Å².